The number of hydrogen-bond acceptors (Lipinski definition) is 2. The summed E-state index contributed by atoms with van der Waals surface area (Å²) >= 11 is 5.85. The molecule has 0 amide bonds. The first-order chi connectivity index (χ1) is 8.19. The van der Waals surface area contributed by atoms with Gasteiger partial charge in [-0.3, -0.25) is 4.79 Å². The van der Waals surface area contributed by atoms with Crippen LogP contribution in [-0.2, 0) is 9.53 Å². The van der Waals surface area contributed by atoms with Crippen molar-refractivity contribution in [2.75, 3.05) is 6.61 Å². The Hall–Kier alpha value is -1.02. The molecule has 0 saturated heterocycles. The van der Waals surface area contributed by atoms with Crippen molar-refractivity contribution in [2.24, 2.45) is 5.92 Å². The Bertz CT molecular complexity index is 380. The molecule has 1 fully saturated rings. The van der Waals surface area contributed by atoms with Crippen molar-refractivity contribution in [3.63, 3.8) is 0 Å². The van der Waals surface area contributed by atoms with Gasteiger partial charge in [-0.2, -0.15) is 0 Å². The number of esters is 1. The monoisotopic (exact) mass is 252 g/mol. The summed E-state index contributed by atoms with van der Waals surface area (Å²) < 4.78 is 4.95. The summed E-state index contributed by atoms with van der Waals surface area (Å²) in [6, 6.07) is 8.01. The van der Waals surface area contributed by atoms with E-state index in [9.17, 15) is 4.79 Å². The zero-order chi connectivity index (χ0) is 12.3. The average molecular weight is 253 g/mol. The van der Waals surface area contributed by atoms with E-state index in [1.54, 1.807) is 0 Å². The molecule has 0 aliphatic heterocycles. The first kappa shape index (κ1) is 12.4. The van der Waals surface area contributed by atoms with E-state index in [1.165, 1.54) is 5.56 Å². The molecule has 0 unspecified atom stereocenters. The Kier molecular flexibility index (Phi) is 4.06. The summed E-state index contributed by atoms with van der Waals surface area (Å²) in [6.45, 7) is 2.32. The van der Waals surface area contributed by atoms with Crippen LogP contribution in [0.1, 0.15) is 37.7 Å². The summed E-state index contributed by atoms with van der Waals surface area (Å²) in [5.74, 6) is 1.02. The Balaban J connectivity index is 1.79. The number of ether oxygens (including phenoxy) is 1. The summed E-state index contributed by atoms with van der Waals surface area (Å²) in [4.78, 5) is 11.3. The highest BCUT2D eigenvalue weighted by Crippen LogP contribution is 2.43. The van der Waals surface area contributed by atoms with Crippen LogP contribution in [0.2, 0.25) is 5.02 Å². The van der Waals surface area contributed by atoms with Crippen molar-refractivity contribution < 1.29 is 9.53 Å². The van der Waals surface area contributed by atoms with Gasteiger partial charge in [-0.05, 0) is 49.3 Å². The first-order valence-electron chi connectivity index (χ1n) is 6.10. The Labute approximate surface area is 107 Å². The highest BCUT2D eigenvalue weighted by atomic mass is 35.5. The molecule has 0 atom stereocenters. The van der Waals surface area contributed by atoms with Crippen molar-refractivity contribution in [1.82, 2.24) is 0 Å². The van der Waals surface area contributed by atoms with Crippen molar-refractivity contribution in [1.29, 1.82) is 0 Å². The highest BCUT2D eigenvalue weighted by molar-refractivity contribution is 6.30. The van der Waals surface area contributed by atoms with Crippen molar-refractivity contribution >= 4 is 17.6 Å². The maximum Gasteiger partial charge on any atom is 0.306 e. The molecule has 0 spiro atoms. The Morgan fingerprint density at radius 1 is 1.35 bits per heavy atom. The Morgan fingerprint density at radius 3 is 2.59 bits per heavy atom. The Morgan fingerprint density at radius 2 is 2.00 bits per heavy atom. The summed E-state index contributed by atoms with van der Waals surface area (Å²) in [6.07, 6.45) is 2.73. The van der Waals surface area contributed by atoms with E-state index in [0.29, 0.717) is 24.9 Å². The first-order valence-corrected chi connectivity index (χ1v) is 6.48. The third-order valence-corrected chi connectivity index (χ3v) is 3.59. The second kappa shape index (κ2) is 5.54. The molecule has 17 heavy (non-hydrogen) atoms. The van der Waals surface area contributed by atoms with Crippen molar-refractivity contribution in [2.45, 2.75) is 32.1 Å². The fraction of sp³-hybridized carbons (Fsp3) is 0.500. The second-order valence-corrected chi connectivity index (χ2v) is 5.03. The maximum absolute atomic E-state index is 11.3. The van der Waals surface area contributed by atoms with Gasteiger partial charge in [0.1, 0.15) is 0 Å². The lowest BCUT2D eigenvalue weighted by Crippen LogP contribution is -2.25. The zero-order valence-electron chi connectivity index (χ0n) is 9.99. The third-order valence-electron chi connectivity index (χ3n) is 3.34. The fourth-order valence-corrected chi connectivity index (χ4v) is 2.49. The van der Waals surface area contributed by atoms with Crippen LogP contribution in [0.3, 0.4) is 0 Å². The molecule has 0 radical (unpaired) electrons. The van der Waals surface area contributed by atoms with Crippen LogP contribution in [0.25, 0.3) is 0 Å². The molecule has 2 nitrogen and oxygen atoms in total. The van der Waals surface area contributed by atoms with Gasteiger partial charge < -0.3 is 4.74 Å². The van der Waals surface area contributed by atoms with Crippen LogP contribution in [0.4, 0.5) is 0 Å². The third kappa shape index (κ3) is 3.22. The number of hydrogen-bond donors (Lipinski definition) is 0. The quantitative estimate of drug-likeness (QED) is 0.762. The van der Waals surface area contributed by atoms with Gasteiger partial charge in [-0.1, -0.05) is 23.7 Å². The number of rotatable bonds is 4. The van der Waals surface area contributed by atoms with Crippen molar-refractivity contribution in [3.05, 3.63) is 34.9 Å². The van der Waals surface area contributed by atoms with Gasteiger partial charge in [0.25, 0.3) is 0 Å². The van der Waals surface area contributed by atoms with Crippen LogP contribution in [-0.4, -0.2) is 12.6 Å². The van der Waals surface area contributed by atoms with E-state index < -0.39 is 0 Å². The number of halogens is 1. The zero-order valence-corrected chi connectivity index (χ0v) is 10.7. The predicted molar refractivity (Wildman–Crippen MR) is 68.2 cm³/mol. The lowest BCUT2D eigenvalue weighted by molar-refractivity contribution is -0.145. The van der Waals surface area contributed by atoms with Gasteiger partial charge in [0.05, 0.1) is 6.61 Å². The summed E-state index contributed by atoms with van der Waals surface area (Å²) in [5.41, 5.74) is 1.33. The normalized spacial score (nSPS) is 22.9. The predicted octanol–water partition coefficient (Wildman–Crippen LogP) is 3.79. The van der Waals surface area contributed by atoms with Crippen LogP contribution in [0.5, 0.6) is 0 Å². The van der Waals surface area contributed by atoms with Gasteiger partial charge in [0.2, 0.25) is 0 Å². The van der Waals surface area contributed by atoms with Gasteiger partial charge in [0, 0.05) is 11.4 Å². The molecule has 1 aromatic rings. The van der Waals surface area contributed by atoms with Gasteiger partial charge in [-0.25, -0.2) is 0 Å². The molecule has 1 aliphatic rings. The van der Waals surface area contributed by atoms with E-state index in [0.717, 1.165) is 17.9 Å². The summed E-state index contributed by atoms with van der Waals surface area (Å²) in [5, 5.41) is 0.774. The minimum Gasteiger partial charge on any atom is -0.466 e. The van der Waals surface area contributed by atoms with E-state index in [-0.39, 0.29) is 5.97 Å². The van der Waals surface area contributed by atoms with E-state index in [1.807, 2.05) is 19.1 Å². The lowest BCUT2D eigenvalue weighted by atomic mass is 9.70. The fourth-order valence-electron chi connectivity index (χ4n) is 2.37. The molecule has 0 bridgehead atoms. The molecule has 1 saturated carbocycles. The number of benzene rings is 1. The highest BCUT2D eigenvalue weighted by Gasteiger charge is 2.31. The summed E-state index contributed by atoms with van der Waals surface area (Å²) in [7, 11) is 0. The van der Waals surface area contributed by atoms with Crippen molar-refractivity contribution in [3.8, 4) is 0 Å². The molecule has 2 rings (SSSR count). The molecule has 3 heteroatoms. The number of carbonyl (C=O) groups excluding carboxylic acids is 1. The second-order valence-electron chi connectivity index (χ2n) is 4.60. The SMILES string of the molecule is CCOC(=O)CC1CC(c2ccc(Cl)cc2)C1. The molecule has 1 aromatic carbocycles. The minimum absolute atomic E-state index is 0.0629. The van der Waals surface area contributed by atoms with Crippen LogP contribution >= 0.6 is 11.6 Å². The molecule has 0 aromatic heterocycles. The largest absolute Gasteiger partial charge is 0.466 e. The molecular formula is C14H17ClO2. The van der Waals surface area contributed by atoms with E-state index in [4.69, 9.17) is 16.3 Å². The van der Waals surface area contributed by atoms with Gasteiger partial charge in [-0.15, -0.1) is 0 Å². The molecule has 0 heterocycles. The molecule has 92 valence electrons. The van der Waals surface area contributed by atoms with Crippen LogP contribution < -0.4 is 0 Å². The molecule has 0 N–H and O–H groups in total. The lowest BCUT2D eigenvalue weighted by Gasteiger charge is -2.35. The van der Waals surface area contributed by atoms with Crippen LogP contribution in [0.15, 0.2) is 24.3 Å². The molecular weight excluding hydrogens is 236 g/mol. The van der Waals surface area contributed by atoms with E-state index in [2.05, 4.69) is 12.1 Å². The maximum atomic E-state index is 11.3. The number of carbonyl (C=O) groups is 1. The van der Waals surface area contributed by atoms with E-state index >= 15 is 0 Å². The van der Waals surface area contributed by atoms with Gasteiger partial charge in [0.15, 0.2) is 0 Å². The van der Waals surface area contributed by atoms with Gasteiger partial charge >= 0.3 is 5.97 Å². The minimum atomic E-state index is -0.0629. The topological polar surface area (TPSA) is 26.3 Å². The average Bonchev–Trinajstić information content (AvgIpc) is 2.25. The molecule has 1 aliphatic carbocycles. The standard InChI is InChI=1S/C14H17ClO2/c1-2-17-14(16)9-10-7-12(8-10)11-3-5-13(15)6-4-11/h3-6,10,12H,2,7-9H2,1H3. The van der Waals surface area contributed by atoms with Crippen LogP contribution in [0, 0.1) is 5.92 Å². The smallest absolute Gasteiger partial charge is 0.306 e.